The maximum absolute atomic E-state index is 2.40. The third-order valence-corrected chi connectivity index (χ3v) is 17.3. The molecular formula is C64H58N2Si2. The van der Waals surface area contributed by atoms with Gasteiger partial charge in [-0.3, -0.25) is 0 Å². The highest BCUT2D eigenvalue weighted by molar-refractivity contribution is 6.89. The minimum atomic E-state index is -1.43. The molecule has 10 aromatic rings. The molecule has 68 heavy (non-hydrogen) atoms. The molecule has 2 nitrogen and oxygen atoms in total. The third kappa shape index (κ3) is 9.39. The van der Waals surface area contributed by atoms with Crippen molar-refractivity contribution >= 4 is 94.3 Å². The molecule has 0 fully saturated rings. The van der Waals surface area contributed by atoms with Gasteiger partial charge >= 0.3 is 0 Å². The molecule has 0 saturated carbocycles. The molecule has 0 aromatic heterocycles. The highest BCUT2D eigenvalue weighted by atomic mass is 28.3. The number of hydrogen-bond acceptors (Lipinski definition) is 2. The van der Waals surface area contributed by atoms with E-state index in [0.717, 1.165) is 22.7 Å². The zero-order valence-electron chi connectivity index (χ0n) is 40.0. The van der Waals surface area contributed by atoms with Crippen molar-refractivity contribution < 1.29 is 0 Å². The topological polar surface area (TPSA) is 6.48 Å². The Balaban J connectivity index is 0.848. The van der Waals surface area contributed by atoms with E-state index < -0.39 is 16.1 Å². The van der Waals surface area contributed by atoms with Crippen LogP contribution in [-0.2, 0) is 0 Å². The minimum Gasteiger partial charge on any atom is -0.310 e. The fraction of sp³-hybridized carbons (Fsp3) is 0.0938. The van der Waals surface area contributed by atoms with Gasteiger partial charge in [0.15, 0.2) is 0 Å². The quantitative estimate of drug-likeness (QED) is 0.0890. The summed E-state index contributed by atoms with van der Waals surface area (Å²) in [6.07, 6.45) is 4.40. The normalized spacial score (nSPS) is 11.9. The summed E-state index contributed by atoms with van der Waals surface area (Å²) in [5.74, 6) is 0. The number of fused-ring (bicyclic) bond motifs is 2. The Hall–Kier alpha value is -7.51. The first-order chi connectivity index (χ1) is 33.0. The molecule has 0 amide bonds. The van der Waals surface area contributed by atoms with Crippen LogP contribution in [-0.4, -0.2) is 16.1 Å². The first kappa shape index (κ1) is 44.3. The van der Waals surface area contributed by atoms with Gasteiger partial charge in [-0.1, -0.05) is 232 Å². The Labute approximate surface area is 405 Å². The van der Waals surface area contributed by atoms with Gasteiger partial charge in [-0.15, -0.1) is 0 Å². The van der Waals surface area contributed by atoms with E-state index in [2.05, 4.69) is 292 Å². The summed E-state index contributed by atoms with van der Waals surface area (Å²) in [6, 6.07) is 84.7. The van der Waals surface area contributed by atoms with Crippen LogP contribution in [0.5, 0.6) is 0 Å². The van der Waals surface area contributed by atoms with E-state index in [-0.39, 0.29) is 0 Å². The summed E-state index contributed by atoms with van der Waals surface area (Å²) in [5.41, 5.74) is 14.1. The van der Waals surface area contributed by atoms with E-state index in [1.807, 2.05) is 0 Å². The Morgan fingerprint density at radius 2 is 0.559 bits per heavy atom. The van der Waals surface area contributed by atoms with Crippen LogP contribution in [0, 0.1) is 0 Å². The van der Waals surface area contributed by atoms with E-state index in [1.165, 1.54) is 76.7 Å². The predicted octanol–water partition coefficient (Wildman–Crippen LogP) is 17.5. The van der Waals surface area contributed by atoms with Crippen molar-refractivity contribution in [2.45, 2.75) is 39.3 Å². The minimum absolute atomic E-state index is 1.14. The van der Waals surface area contributed by atoms with Gasteiger partial charge < -0.3 is 9.80 Å². The summed E-state index contributed by atoms with van der Waals surface area (Å²) in [5, 5.41) is 7.86. The zero-order valence-corrected chi connectivity index (χ0v) is 42.0. The zero-order chi connectivity index (χ0) is 46.8. The molecule has 0 bridgehead atoms. The monoisotopic (exact) mass is 910 g/mol. The fourth-order valence-corrected chi connectivity index (χ4v) is 11.6. The molecule has 0 spiro atoms. The molecular weight excluding hydrogens is 853 g/mol. The number of benzene rings is 10. The third-order valence-electron chi connectivity index (χ3n) is 13.2. The fourth-order valence-electron chi connectivity index (χ4n) is 9.25. The number of hydrogen-bond donors (Lipinski definition) is 0. The Morgan fingerprint density at radius 1 is 0.279 bits per heavy atom. The van der Waals surface area contributed by atoms with Crippen LogP contribution < -0.4 is 20.2 Å². The van der Waals surface area contributed by atoms with E-state index >= 15 is 0 Å². The lowest BCUT2D eigenvalue weighted by molar-refractivity contribution is 1.30. The second-order valence-electron chi connectivity index (χ2n) is 19.9. The van der Waals surface area contributed by atoms with Crippen molar-refractivity contribution in [3.63, 3.8) is 0 Å². The highest BCUT2D eigenvalue weighted by Crippen LogP contribution is 2.41. The summed E-state index contributed by atoms with van der Waals surface area (Å²) in [6.45, 7) is 14.4. The Kier molecular flexibility index (Phi) is 12.2. The molecule has 4 heteroatoms. The summed E-state index contributed by atoms with van der Waals surface area (Å²) >= 11 is 0. The number of anilines is 6. The second-order valence-corrected chi connectivity index (χ2v) is 30.1. The lowest BCUT2D eigenvalue weighted by Gasteiger charge is -2.28. The average molecular weight is 911 g/mol. The van der Waals surface area contributed by atoms with Gasteiger partial charge in [-0.2, -0.15) is 0 Å². The Morgan fingerprint density at radius 3 is 0.882 bits per heavy atom. The van der Waals surface area contributed by atoms with Gasteiger partial charge in [0.25, 0.3) is 0 Å². The van der Waals surface area contributed by atoms with Crippen LogP contribution in [0.2, 0.25) is 39.3 Å². The maximum atomic E-state index is 2.40. The van der Waals surface area contributed by atoms with E-state index in [9.17, 15) is 0 Å². The summed E-state index contributed by atoms with van der Waals surface area (Å²) < 4.78 is 0. The van der Waals surface area contributed by atoms with Gasteiger partial charge in [0.1, 0.15) is 0 Å². The standard InChI is InChI=1S/C64H58N2Si2/c1-67(2,3)59-43-39-57(40-44-59)65(63-19-11-15-53-13-7-9-17-61(53)63)55-35-31-51(32-36-55)49-27-23-47(24-28-49)21-22-48-25-29-50(30-26-48)52-33-37-56(38-34-52)66(58-41-45-60(46-42-58)68(4,5)6)64-20-12-16-54-14-8-10-18-62(54)64/h7-46H,1-6H3/b22-21+. The number of nitrogens with zero attached hydrogens (tertiary/aromatic N) is 2. The maximum Gasteiger partial charge on any atom is 0.0775 e. The molecule has 0 N–H and O–H groups in total. The molecule has 0 heterocycles. The summed E-state index contributed by atoms with van der Waals surface area (Å²) in [7, 11) is -2.86. The molecule has 10 aromatic carbocycles. The van der Waals surface area contributed by atoms with E-state index in [0.29, 0.717) is 0 Å². The van der Waals surface area contributed by atoms with Gasteiger partial charge in [0.2, 0.25) is 0 Å². The van der Waals surface area contributed by atoms with Crippen LogP contribution in [0.1, 0.15) is 11.1 Å². The van der Waals surface area contributed by atoms with Crippen molar-refractivity contribution in [1.82, 2.24) is 0 Å². The van der Waals surface area contributed by atoms with Gasteiger partial charge in [0, 0.05) is 33.5 Å². The van der Waals surface area contributed by atoms with E-state index in [1.54, 1.807) is 0 Å². The lowest BCUT2D eigenvalue weighted by atomic mass is 10.0. The van der Waals surface area contributed by atoms with Gasteiger partial charge in [-0.05, 0) is 105 Å². The lowest BCUT2D eigenvalue weighted by Crippen LogP contribution is -2.37. The molecule has 0 unspecified atom stereocenters. The number of rotatable bonds is 12. The van der Waals surface area contributed by atoms with Crippen molar-refractivity contribution in [3.05, 3.63) is 242 Å². The van der Waals surface area contributed by atoms with Crippen molar-refractivity contribution in [1.29, 1.82) is 0 Å². The molecule has 0 aliphatic heterocycles. The SMILES string of the molecule is C[Si](C)(C)c1ccc(N(c2ccc(-c3ccc(/C=C/c4ccc(-c5ccc(N(c6ccc([Si](C)(C)C)cc6)c6cccc7ccccc67)cc5)cc4)cc3)cc2)c2cccc3ccccc23)cc1. The van der Waals surface area contributed by atoms with Gasteiger partial charge in [-0.25, -0.2) is 0 Å². The first-order valence-corrected chi connectivity index (χ1v) is 30.8. The van der Waals surface area contributed by atoms with Crippen LogP contribution in [0.25, 0.3) is 56.0 Å². The molecule has 0 atom stereocenters. The molecule has 0 aliphatic carbocycles. The van der Waals surface area contributed by atoms with Crippen LogP contribution in [0.4, 0.5) is 34.1 Å². The Bertz CT molecular complexity index is 3120. The van der Waals surface area contributed by atoms with Crippen LogP contribution >= 0.6 is 0 Å². The van der Waals surface area contributed by atoms with Crippen molar-refractivity contribution in [3.8, 4) is 22.3 Å². The van der Waals surface area contributed by atoms with Gasteiger partial charge in [0.05, 0.1) is 27.5 Å². The molecule has 0 aliphatic rings. The molecule has 332 valence electrons. The smallest absolute Gasteiger partial charge is 0.0775 e. The predicted molar refractivity (Wildman–Crippen MR) is 303 cm³/mol. The first-order valence-electron chi connectivity index (χ1n) is 23.8. The molecule has 0 saturated heterocycles. The van der Waals surface area contributed by atoms with Crippen molar-refractivity contribution in [2.24, 2.45) is 0 Å². The van der Waals surface area contributed by atoms with Crippen molar-refractivity contribution in [2.75, 3.05) is 9.80 Å². The highest BCUT2D eigenvalue weighted by Gasteiger charge is 2.21. The van der Waals surface area contributed by atoms with Crippen LogP contribution in [0.15, 0.2) is 231 Å². The van der Waals surface area contributed by atoms with E-state index in [4.69, 9.17) is 0 Å². The summed E-state index contributed by atoms with van der Waals surface area (Å²) in [4.78, 5) is 4.79. The molecule has 0 radical (unpaired) electrons. The average Bonchev–Trinajstić information content (AvgIpc) is 3.37. The molecule has 10 rings (SSSR count). The second kappa shape index (κ2) is 18.6. The van der Waals surface area contributed by atoms with Crippen LogP contribution in [0.3, 0.4) is 0 Å². The largest absolute Gasteiger partial charge is 0.310 e.